The van der Waals surface area contributed by atoms with E-state index in [0.29, 0.717) is 0 Å². The standard InChI is InChI=1S/C8H17N/c1-4-5-6-7(2)8(3)9/h8H,2,4-6,9H2,1,3H3. The number of hydrogen-bond donors (Lipinski definition) is 1. The Labute approximate surface area is 57.9 Å². The quantitative estimate of drug-likeness (QED) is 0.575. The first-order valence-electron chi connectivity index (χ1n) is 3.61. The lowest BCUT2D eigenvalue weighted by atomic mass is 10.1. The molecule has 0 heterocycles. The van der Waals surface area contributed by atoms with E-state index in [1.165, 1.54) is 18.4 Å². The maximum Gasteiger partial charge on any atom is 0.0222 e. The molecule has 0 fully saturated rings. The van der Waals surface area contributed by atoms with Gasteiger partial charge in [-0.1, -0.05) is 25.5 Å². The molecule has 0 aromatic heterocycles. The van der Waals surface area contributed by atoms with Crippen molar-refractivity contribution in [3.05, 3.63) is 12.2 Å². The van der Waals surface area contributed by atoms with E-state index < -0.39 is 0 Å². The number of nitrogens with two attached hydrogens (primary N) is 1. The summed E-state index contributed by atoms with van der Waals surface area (Å²) in [5.41, 5.74) is 6.75. The molecule has 0 saturated heterocycles. The summed E-state index contributed by atoms with van der Waals surface area (Å²) in [4.78, 5) is 0. The zero-order chi connectivity index (χ0) is 7.28. The zero-order valence-corrected chi connectivity index (χ0v) is 6.48. The maximum atomic E-state index is 5.58. The monoisotopic (exact) mass is 127 g/mol. The van der Waals surface area contributed by atoms with E-state index in [0.717, 1.165) is 6.42 Å². The molecule has 2 N–H and O–H groups in total. The smallest absolute Gasteiger partial charge is 0.0222 e. The summed E-state index contributed by atoms with van der Waals surface area (Å²) in [6.45, 7) is 8.03. The Morgan fingerprint density at radius 1 is 1.67 bits per heavy atom. The molecule has 0 radical (unpaired) electrons. The summed E-state index contributed by atoms with van der Waals surface area (Å²) >= 11 is 0. The van der Waals surface area contributed by atoms with Gasteiger partial charge in [0.25, 0.3) is 0 Å². The molecule has 1 heteroatoms. The van der Waals surface area contributed by atoms with Crippen molar-refractivity contribution in [2.45, 2.75) is 39.2 Å². The Morgan fingerprint density at radius 3 is 2.56 bits per heavy atom. The summed E-state index contributed by atoms with van der Waals surface area (Å²) in [7, 11) is 0. The Kier molecular flexibility index (Phi) is 4.41. The normalized spacial score (nSPS) is 13.2. The lowest BCUT2D eigenvalue weighted by molar-refractivity contribution is 0.724. The molecule has 0 bridgehead atoms. The topological polar surface area (TPSA) is 26.0 Å². The van der Waals surface area contributed by atoms with Gasteiger partial charge in [0, 0.05) is 6.04 Å². The minimum absolute atomic E-state index is 0.177. The van der Waals surface area contributed by atoms with Crippen LogP contribution in [-0.4, -0.2) is 6.04 Å². The van der Waals surface area contributed by atoms with Gasteiger partial charge >= 0.3 is 0 Å². The fourth-order valence-electron chi connectivity index (χ4n) is 0.632. The highest BCUT2D eigenvalue weighted by molar-refractivity contribution is 5.01. The van der Waals surface area contributed by atoms with Gasteiger partial charge < -0.3 is 5.73 Å². The van der Waals surface area contributed by atoms with Crippen molar-refractivity contribution in [2.24, 2.45) is 5.73 Å². The highest BCUT2D eigenvalue weighted by atomic mass is 14.6. The van der Waals surface area contributed by atoms with Crippen LogP contribution in [0.4, 0.5) is 0 Å². The van der Waals surface area contributed by atoms with Crippen molar-refractivity contribution < 1.29 is 0 Å². The largest absolute Gasteiger partial charge is 0.324 e. The lowest BCUT2D eigenvalue weighted by Crippen LogP contribution is -2.16. The number of hydrogen-bond acceptors (Lipinski definition) is 1. The lowest BCUT2D eigenvalue weighted by Gasteiger charge is -2.07. The van der Waals surface area contributed by atoms with Crippen LogP contribution in [0.2, 0.25) is 0 Å². The second-order valence-corrected chi connectivity index (χ2v) is 2.55. The summed E-state index contributed by atoms with van der Waals surface area (Å²) in [6, 6.07) is 0.177. The van der Waals surface area contributed by atoms with Crippen LogP contribution < -0.4 is 5.73 Å². The van der Waals surface area contributed by atoms with Crippen LogP contribution in [0.5, 0.6) is 0 Å². The van der Waals surface area contributed by atoms with E-state index in [1.54, 1.807) is 0 Å². The molecule has 1 unspecified atom stereocenters. The van der Waals surface area contributed by atoms with E-state index in [1.807, 2.05) is 6.92 Å². The Bertz CT molecular complexity index is 84.6. The predicted octanol–water partition coefficient (Wildman–Crippen LogP) is 2.08. The molecular weight excluding hydrogens is 110 g/mol. The van der Waals surface area contributed by atoms with Gasteiger partial charge in [-0.3, -0.25) is 0 Å². The molecule has 0 amide bonds. The van der Waals surface area contributed by atoms with E-state index in [4.69, 9.17) is 5.73 Å². The minimum Gasteiger partial charge on any atom is -0.324 e. The fraction of sp³-hybridized carbons (Fsp3) is 0.750. The first-order chi connectivity index (χ1) is 4.18. The summed E-state index contributed by atoms with van der Waals surface area (Å²) in [5.74, 6) is 0. The molecule has 54 valence electrons. The van der Waals surface area contributed by atoms with Crippen LogP contribution >= 0.6 is 0 Å². The molecular formula is C8H17N. The van der Waals surface area contributed by atoms with E-state index in [-0.39, 0.29) is 6.04 Å². The second-order valence-electron chi connectivity index (χ2n) is 2.55. The highest BCUT2D eigenvalue weighted by Gasteiger charge is 1.97. The van der Waals surface area contributed by atoms with Gasteiger partial charge in [0.05, 0.1) is 0 Å². The molecule has 0 aromatic carbocycles. The molecule has 0 saturated carbocycles. The summed E-state index contributed by atoms with van der Waals surface area (Å²) in [6.07, 6.45) is 3.54. The average molecular weight is 127 g/mol. The van der Waals surface area contributed by atoms with Crippen molar-refractivity contribution in [3.8, 4) is 0 Å². The van der Waals surface area contributed by atoms with Crippen LogP contribution in [0, 0.1) is 0 Å². The second kappa shape index (κ2) is 4.57. The van der Waals surface area contributed by atoms with Gasteiger partial charge in [0.2, 0.25) is 0 Å². The van der Waals surface area contributed by atoms with Gasteiger partial charge in [0.1, 0.15) is 0 Å². The molecule has 1 atom stereocenters. The average Bonchev–Trinajstić information content (AvgIpc) is 1.82. The van der Waals surface area contributed by atoms with Gasteiger partial charge in [0.15, 0.2) is 0 Å². The first kappa shape index (κ1) is 8.70. The minimum atomic E-state index is 0.177. The fourth-order valence-corrected chi connectivity index (χ4v) is 0.632. The van der Waals surface area contributed by atoms with Crippen molar-refractivity contribution in [3.63, 3.8) is 0 Å². The third kappa shape index (κ3) is 4.22. The summed E-state index contributed by atoms with van der Waals surface area (Å²) < 4.78 is 0. The molecule has 1 nitrogen and oxygen atoms in total. The molecule has 0 aliphatic carbocycles. The van der Waals surface area contributed by atoms with Crippen molar-refractivity contribution in [1.82, 2.24) is 0 Å². The van der Waals surface area contributed by atoms with Crippen LogP contribution in [0.1, 0.15) is 33.1 Å². The summed E-state index contributed by atoms with van der Waals surface area (Å²) in [5, 5.41) is 0. The van der Waals surface area contributed by atoms with Crippen LogP contribution in [0.15, 0.2) is 12.2 Å². The van der Waals surface area contributed by atoms with Crippen molar-refractivity contribution >= 4 is 0 Å². The SMILES string of the molecule is C=C(CCCC)C(C)N. The Hall–Kier alpha value is -0.300. The Balaban J connectivity index is 3.28. The molecule has 0 aliphatic rings. The van der Waals surface area contributed by atoms with E-state index in [9.17, 15) is 0 Å². The third-order valence-electron chi connectivity index (χ3n) is 1.50. The predicted molar refractivity (Wildman–Crippen MR) is 42.3 cm³/mol. The van der Waals surface area contributed by atoms with Crippen LogP contribution in [0.25, 0.3) is 0 Å². The number of unbranched alkanes of at least 4 members (excludes halogenated alkanes) is 1. The molecule has 0 aromatic rings. The molecule has 9 heavy (non-hydrogen) atoms. The highest BCUT2D eigenvalue weighted by Crippen LogP contribution is 2.06. The Morgan fingerprint density at radius 2 is 2.22 bits per heavy atom. The van der Waals surface area contributed by atoms with Gasteiger partial charge in [-0.15, -0.1) is 0 Å². The van der Waals surface area contributed by atoms with Crippen molar-refractivity contribution in [1.29, 1.82) is 0 Å². The molecule has 0 aliphatic heterocycles. The first-order valence-corrected chi connectivity index (χ1v) is 3.61. The van der Waals surface area contributed by atoms with Gasteiger partial charge in [-0.2, -0.15) is 0 Å². The number of rotatable bonds is 4. The van der Waals surface area contributed by atoms with Crippen LogP contribution in [0.3, 0.4) is 0 Å². The maximum absolute atomic E-state index is 5.58. The third-order valence-corrected chi connectivity index (χ3v) is 1.50. The van der Waals surface area contributed by atoms with Gasteiger partial charge in [-0.25, -0.2) is 0 Å². The van der Waals surface area contributed by atoms with E-state index >= 15 is 0 Å². The molecule has 0 rings (SSSR count). The van der Waals surface area contributed by atoms with Crippen molar-refractivity contribution in [2.75, 3.05) is 0 Å². The molecule has 0 spiro atoms. The van der Waals surface area contributed by atoms with Gasteiger partial charge in [-0.05, 0) is 19.8 Å². The van der Waals surface area contributed by atoms with E-state index in [2.05, 4.69) is 13.5 Å². The van der Waals surface area contributed by atoms with Crippen LogP contribution in [-0.2, 0) is 0 Å². The zero-order valence-electron chi connectivity index (χ0n) is 6.48.